The molecule has 4 aromatic rings. The summed E-state index contributed by atoms with van der Waals surface area (Å²) in [4.78, 5) is 16.1. The van der Waals surface area contributed by atoms with Crippen molar-refractivity contribution in [3.8, 4) is 11.1 Å². The molecule has 0 aliphatic carbocycles. The van der Waals surface area contributed by atoms with Gasteiger partial charge >= 0.3 is 0 Å². The predicted octanol–water partition coefficient (Wildman–Crippen LogP) is 4.70. The molecular weight excluding hydrogens is 538 g/mol. The minimum absolute atomic E-state index is 0.0630. The Balaban J connectivity index is 1.28. The Morgan fingerprint density at radius 2 is 1.87 bits per heavy atom. The van der Waals surface area contributed by atoms with Gasteiger partial charge in [0.05, 0.1) is 29.6 Å². The third kappa shape index (κ3) is 5.40. The number of fused-ring (bicyclic) bond motifs is 1. The first kappa shape index (κ1) is 25.8. The quantitative estimate of drug-likeness (QED) is 0.317. The monoisotopic (exact) mass is 558 g/mol. The number of benzene rings is 2. The number of carbonyl (C=O) groups is 1. The fraction of sp³-hybridized carbons (Fsp3) is 0.154. The fourth-order valence-electron chi connectivity index (χ4n) is 3.95. The van der Waals surface area contributed by atoms with Crippen molar-refractivity contribution < 1.29 is 26.4 Å². The van der Waals surface area contributed by atoms with Gasteiger partial charge in [0.15, 0.2) is 5.58 Å². The van der Waals surface area contributed by atoms with Crippen LogP contribution in [0.5, 0.6) is 0 Å². The summed E-state index contributed by atoms with van der Waals surface area (Å²) in [5.74, 6) is -2.44. The molecule has 2 aromatic heterocycles. The first-order valence-electron chi connectivity index (χ1n) is 11.4. The number of halogens is 3. The average molecular weight is 559 g/mol. The van der Waals surface area contributed by atoms with E-state index in [1.54, 1.807) is 48.7 Å². The maximum Gasteiger partial charge on any atom is 0.275 e. The van der Waals surface area contributed by atoms with Crippen molar-refractivity contribution in [1.82, 2.24) is 14.6 Å². The largest absolute Gasteiger partial charge is 0.458 e. The van der Waals surface area contributed by atoms with Crippen LogP contribution in [0.3, 0.4) is 0 Å². The molecule has 0 radical (unpaired) electrons. The summed E-state index contributed by atoms with van der Waals surface area (Å²) >= 11 is 6.43. The number of anilines is 1. The van der Waals surface area contributed by atoms with Gasteiger partial charge in [0.25, 0.3) is 5.92 Å². The summed E-state index contributed by atoms with van der Waals surface area (Å²) in [6, 6.07) is 14.6. The van der Waals surface area contributed by atoms with E-state index < -0.39 is 29.0 Å². The molecule has 2 aromatic carbocycles. The Kier molecular flexibility index (Phi) is 6.68. The third-order valence-electron chi connectivity index (χ3n) is 5.94. The van der Waals surface area contributed by atoms with Crippen molar-refractivity contribution in [1.29, 1.82) is 0 Å². The van der Waals surface area contributed by atoms with Crippen molar-refractivity contribution in [3.63, 3.8) is 0 Å². The molecular formula is C26H21ClF2N4O4S. The van der Waals surface area contributed by atoms with Gasteiger partial charge in [-0.1, -0.05) is 23.7 Å². The Hall–Kier alpha value is -3.80. The number of nitrogens with two attached hydrogens (primary N) is 1. The van der Waals surface area contributed by atoms with Crippen LogP contribution in [0.4, 0.5) is 14.6 Å². The van der Waals surface area contributed by atoms with Crippen LogP contribution in [-0.4, -0.2) is 42.6 Å². The minimum Gasteiger partial charge on any atom is -0.458 e. The molecule has 1 aliphatic rings. The normalized spacial score (nSPS) is 15.6. The average Bonchev–Trinajstić information content (AvgIpc) is 3.29. The Morgan fingerprint density at radius 1 is 1.13 bits per heavy atom. The summed E-state index contributed by atoms with van der Waals surface area (Å²) in [7, 11) is -3.98. The number of pyridine rings is 1. The number of amides is 1. The minimum atomic E-state index is -3.98. The molecule has 0 spiro atoms. The van der Waals surface area contributed by atoms with E-state index in [0.717, 1.165) is 9.87 Å². The summed E-state index contributed by atoms with van der Waals surface area (Å²) < 4.78 is 57.9. The van der Waals surface area contributed by atoms with Crippen molar-refractivity contribution in [2.75, 3.05) is 18.8 Å². The predicted molar refractivity (Wildman–Crippen MR) is 140 cm³/mol. The molecule has 0 unspecified atom stereocenters. The number of rotatable bonds is 7. The summed E-state index contributed by atoms with van der Waals surface area (Å²) in [5, 5.41) is 3.77. The van der Waals surface area contributed by atoms with Crippen LogP contribution in [0.2, 0.25) is 5.02 Å². The van der Waals surface area contributed by atoms with Gasteiger partial charge in [-0.3, -0.25) is 4.79 Å². The highest BCUT2D eigenvalue weighted by Gasteiger charge is 2.49. The summed E-state index contributed by atoms with van der Waals surface area (Å²) in [5.41, 5.74) is 8.11. The number of furan rings is 1. The number of hydrogen-bond acceptors (Lipinski definition) is 6. The summed E-state index contributed by atoms with van der Waals surface area (Å²) in [6.07, 6.45) is 4.54. The van der Waals surface area contributed by atoms with Crippen molar-refractivity contribution in [2.24, 2.45) is 0 Å². The fourth-order valence-corrected chi connectivity index (χ4v) is 5.71. The molecule has 0 saturated carbocycles. The van der Waals surface area contributed by atoms with Gasteiger partial charge in [0.1, 0.15) is 11.6 Å². The molecule has 5 rings (SSSR count). The molecule has 8 nitrogen and oxygen atoms in total. The number of nitrogen functional groups attached to an aromatic ring is 1. The molecule has 1 amide bonds. The van der Waals surface area contributed by atoms with Crippen LogP contribution in [0.1, 0.15) is 11.3 Å². The molecule has 3 heterocycles. The number of carbonyl (C=O) groups excluding carboxylic acids is 1. The van der Waals surface area contributed by atoms with E-state index in [4.69, 9.17) is 21.8 Å². The van der Waals surface area contributed by atoms with E-state index >= 15 is 0 Å². The molecule has 1 aliphatic heterocycles. The highest BCUT2D eigenvalue weighted by atomic mass is 35.5. The van der Waals surface area contributed by atoms with Gasteiger partial charge < -0.3 is 15.5 Å². The second-order valence-electron chi connectivity index (χ2n) is 8.81. The Morgan fingerprint density at radius 3 is 2.53 bits per heavy atom. The second kappa shape index (κ2) is 9.82. The maximum atomic E-state index is 13.1. The first-order chi connectivity index (χ1) is 18.0. The first-order valence-corrected chi connectivity index (χ1v) is 13.2. The van der Waals surface area contributed by atoms with Crippen LogP contribution in [0, 0.1) is 0 Å². The van der Waals surface area contributed by atoms with Crippen LogP contribution >= 0.6 is 11.6 Å². The molecule has 3 N–H and O–H groups in total. The summed E-state index contributed by atoms with van der Waals surface area (Å²) in [6.45, 7) is -1.50. The van der Waals surface area contributed by atoms with Gasteiger partial charge in [-0.2, -0.15) is 4.31 Å². The molecule has 1 fully saturated rings. The molecule has 0 atom stereocenters. The van der Waals surface area contributed by atoms with Gasteiger partial charge in [-0.05, 0) is 65.2 Å². The van der Waals surface area contributed by atoms with Crippen LogP contribution < -0.4 is 11.1 Å². The SMILES string of the molecule is Nc1ccc(/C=C/C(=O)NCc2cc3cc(-c4ccc(S(=O)(=O)N5CC(F)(F)C5)cc4)cc(Cl)c3o2)cn1. The van der Waals surface area contributed by atoms with E-state index in [0.29, 0.717) is 38.7 Å². The van der Waals surface area contributed by atoms with Gasteiger partial charge in [0, 0.05) is 17.7 Å². The lowest BCUT2D eigenvalue weighted by molar-refractivity contribution is -0.116. The lowest BCUT2D eigenvalue weighted by atomic mass is 10.0. The molecule has 38 heavy (non-hydrogen) atoms. The van der Waals surface area contributed by atoms with E-state index in [1.165, 1.54) is 18.2 Å². The van der Waals surface area contributed by atoms with Crippen molar-refractivity contribution in [3.05, 3.63) is 83.2 Å². The lowest BCUT2D eigenvalue weighted by Crippen LogP contribution is -2.58. The Labute approximate surface area is 221 Å². The zero-order valence-electron chi connectivity index (χ0n) is 19.7. The van der Waals surface area contributed by atoms with E-state index in [2.05, 4.69) is 10.3 Å². The molecule has 12 heteroatoms. The van der Waals surface area contributed by atoms with Crippen LogP contribution in [-0.2, 0) is 21.4 Å². The van der Waals surface area contributed by atoms with Crippen LogP contribution in [0.25, 0.3) is 28.2 Å². The third-order valence-corrected chi connectivity index (χ3v) is 8.02. The number of nitrogens with one attached hydrogen (secondary N) is 1. The van der Waals surface area contributed by atoms with Crippen molar-refractivity contribution in [2.45, 2.75) is 17.4 Å². The molecule has 0 bridgehead atoms. The second-order valence-corrected chi connectivity index (χ2v) is 11.2. The van der Waals surface area contributed by atoms with E-state index in [9.17, 15) is 22.0 Å². The van der Waals surface area contributed by atoms with Gasteiger partial charge in [-0.15, -0.1) is 0 Å². The smallest absolute Gasteiger partial charge is 0.275 e. The number of sulfonamides is 1. The zero-order chi connectivity index (χ0) is 27.1. The standard InChI is InChI=1S/C26H21ClF2N4O4S/c27-22-11-18(17-3-5-21(6-4-17)38(35,36)33-14-26(28,29)15-33)9-19-10-20(37-25(19)22)13-32-24(34)8-2-16-1-7-23(30)31-12-16/h1-12H,13-15H2,(H2,30,31)(H,32,34)/b8-2+. The number of hydrogen-bond donors (Lipinski definition) is 2. The number of alkyl halides is 2. The maximum absolute atomic E-state index is 13.1. The van der Waals surface area contributed by atoms with Crippen molar-refractivity contribution >= 4 is 50.4 Å². The zero-order valence-corrected chi connectivity index (χ0v) is 21.3. The van der Waals surface area contributed by atoms with Gasteiger partial charge in [-0.25, -0.2) is 22.2 Å². The molecule has 196 valence electrons. The highest BCUT2D eigenvalue weighted by molar-refractivity contribution is 7.89. The molecule has 1 saturated heterocycles. The van der Waals surface area contributed by atoms with E-state index in [1.807, 2.05) is 6.07 Å². The highest BCUT2D eigenvalue weighted by Crippen LogP contribution is 2.35. The Bertz CT molecular complexity index is 1650. The van der Waals surface area contributed by atoms with E-state index in [-0.39, 0.29) is 17.3 Å². The van der Waals surface area contributed by atoms with Gasteiger partial charge in [0.2, 0.25) is 15.9 Å². The van der Waals surface area contributed by atoms with Crippen LogP contribution in [0.15, 0.2) is 76.2 Å². The number of nitrogens with zero attached hydrogens (tertiary/aromatic N) is 2. The topological polar surface area (TPSA) is 119 Å². The number of aromatic nitrogens is 1. The lowest BCUT2D eigenvalue weighted by Gasteiger charge is -2.37.